The first-order valence-corrected chi connectivity index (χ1v) is 14.0. The molecule has 1 heterocycles. The molecule has 0 saturated heterocycles. The topological polar surface area (TPSA) is 56.1 Å². The van der Waals surface area contributed by atoms with E-state index in [0.717, 1.165) is 23.1 Å². The first-order chi connectivity index (χ1) is 19.7. The normalized spacial score (nSPS) is 12.3. The number of para-hydroxylation sites is 1. The Morgan fingerprint density at radius 3 is 2.29 bits per heavy atom. The fourth-order valence-electron chi connectivity index (χ4n) is 4.57. The number of imidazole rings is 1. The van der Waals surface area contributed by atoms with E-state index in [9.17, 15) is 18.0 Å². The van der Waals surface area contributed by atoms with E-state index in [1.165, 1.54) is 12.1 Å². The molecule has 1 atom stereocenters. The third kappa shape index (κ3) is 7.49. The smallest absolute Gasteiger partial charge is 0.446 e. The van der Waals surface area contributed by atoms with Gasteiger partial charge in [-0.15, -0.1) is 0 Å². The number of amides is 1. The minimum atomic E-state index is -4.34. The number of halogens is 3. The highest BCUT2D eigenvalue weighted by atomic mass is 32.2. The molecule has 1 N–H and O–H groups in total. The molecule has 0 saturated carbocycles. The number of carbonyl (C=O) groups excluding carboxylic acids is 1. The third-order valence-corrected chi connectivity index (χ3v) is 7.24. The maximum Gasteiger partial charge on any atom is 0.446 e. The van der Waals surface area contributed by atoms with Crippen LogP contribution in [-0.2, 0) is 13.0 Å². The molecule has 210 valence electrons. The molecule has 4 aromatic carbocycles. The van der Waals surface area contributed by atoms with Crippen LogP contribution < -0.4 is 10.1 Å². The zero-order valence-corrected chi connectivity index (χ0v) is 23.1. The van der Waals surface area contributed by atoms with Crippen LogP contribution in [0.2, 0.25) is 0 Å². The second-order valence-corrected chi connectivity index (χ2v) is 10.7. The molecule has 1 amide bonds. The van der Waals surface area contributed by atoms with Crippen LogP contribution in [0.25, 0.3) is 11.0 Å². The Bertz CT molecular complexity index is 1610. The Hall–Kier alpha value is -4.24. The van der Waals surface area contributed by atoms with E-state index in [2.05, 4.69) is 5.32 Å². The monoisotopic (exact) mass is 575 g/mol. The Kier molecular flexibility index (Phi) is 8.64. The maximum absolute atomic E-state index is 12.9. The number of hydrogen-bond acceptors (Lipinski definition) is 4. The van der Waals surface area contributed by atoms with Crippen LogP contribution in [0.1, 0.15) is 40.3 Å². The van der Waals surface area contributed by atoms with Crippen molar-refractivity contribution in [3.05, 3.63) is 126 Å². The van der Waals surface area contributed by atoms with Gasteiger partial charge in [-0.2, -0.15) is 13.2 Å². The Balaban J connectivity index is 1.40. The summed E-state index contributed by atoms with van der Waals surface area (Å²) in [6.07, 6.45) is 0.287. The van der Waals surface area contributed by atoms with E-state index in [1.54, 1.807) is 24.3 Å². The van der Waals surface area contributed by atoms with Gasteiger partial charge in [-0.25, -0.2) is 4.98 Å². The summed E-state index contributed by atoms with van der Waals surface area (Å²) in [5, 5.41) is 2.97. The van der Waals surface area contributed by atoms with Crippen molar-refractivity contribution in [2.24, 2.45) is 0 Å². The number of hydrogen-bond donors (Lipinski definition) is 1. The largest absolute Gasteiger partial charge is 0.483 e. The van der Waals surface area contributed by atoms with E-state index in [1.807, 2.05) is 78.2 Å². The molecule has 0 aliphatic rings. The minimum absolute atomic E-state index is 0.126. The fraction of sp³-hybridized carbons (Fsp3) is 0.188. The summed E-state index contributed by atoms with van der Waals surface area (Å²) in [6.45, 7) is 2.77. The molecule has 0 radical (unpaired) electrons. The molecular formula is C32H28F3N3O2S. The van der Waals surface area contributed by atoms with Gasteiger partial charge in [0.1, 0.15) is 5.75 Å². The zero-order valence-electron chi connectivity index (χ0n) is 22.3. The lowest BCUT2D eigenvalue weighted by atomic mass is 10.1. The summed E-state index contributed by atoms with van der Waals surface area (Å²) < 4.78 is 46.5. The highest BCUT2D eigenvalue weighted by Gasteiger charge is 2.29. The minimum Gasteiger partial charge on any atom is -0.483 e. The second kappa shape index (κ2) is 12.5. The lowest BCUT2D eigenvalue weighted by molar-refractivity contribution is -0.0328. The van der Waals surface area contributed by atoms with Gasteiger partial charge in [-0.05, 0) is 78.7 Å². The molecule has 5 aromatic rings. The Labute approximate surface area is 240 Å². The number of ether oxygens (including phenoxy) is 1. The molecule has 0 bridgehead atoms. The molecule has 1 aromatic heterocycles. The number of aromatic nitrogens is 2. The molecule has 0 spiro atoms. The van der Waals surface area contributed by atoms with Gasteiger partial charge in [0.25, 0.3) is 5.91 Å². The van der Waals surface area contributed by atoms with Gasteiger partial charge in [0, 0.05) is 23.5 Å². The molecule has 0 aliphatic carbocycles. The van der Waals surface area contributed by atoms with Crippen molar-refractivity contribution < 1.29 is 22.7 Å². The molecule has 1 unspecified atom stereocenters. The van der Waals surface area contributed by atoms with Gasteiger partial charge in [0.15, 0.2) is 11.9 Å². The highest BCUT2D eigenvalue weighted by Crippen LogP contribution is 2.37. The van der Waals surface area contributed by atoms with Crippen LogP contribution in [0.5, 0.6) is 5.75 Å². The van der Waals surface area contributed by atoms with Crippen molar-refractivity contribution in [3.63, 3.8) is 0 Å². The van der Waals surface area contributed by atoms with Crippen molar-refractivity contribution in [2.75, 3.05) is 6.54 Å². The van der Waals surface area contributed by atoms with Gasteiger partial charge in [-0.1, -0.05) is 60.7 Å². The quantitative estimate of drug-likeness (QED) is 0.173. The van der Waals surface area contributed by atoms with E-state index >= 15 is 0 Å². The molecule has 5 nitrogen and oxygen atoms in total. The van der Waals surface area contributed by atoms with Crippen LogP contribution in [0.3, 0.4) is 0 Å². The lowest BCUT2D eigenvalue weighted by Crippen LogP contribution is -2.25. The number of thioether (sulfide) groups is 1. The van der Waals surface area contributed by atoms with Gasteiger partial charge in [0.05, 0.1) is 11.0 Å². The number of fused-ring (bicyclic) bond motifs is 1. The summed E-state index contributed by atoms with van der Waals surface area (Å²) in [4.78, 5) is 17.9. The predicted octanol–water partition coefficient (Wildman–Crippen LogP) is 7.81. The van der Waals surface area contributed by atoms with Gasteiger partial charge < -0.3 is 14.6 Å². The number of benzene rings is 4. The Morgan fingerprint density at radius 2 is 1.61 bits per heavy atom. The summed E-state index contributed by atoms with van der Waals surface area (Å²) in [6, 6.07) is 31.0. The molecule has 41 heavy (non-hydrogen) atoms. The first-order valence-electron chi connectivity index (χ1n) is 13.1. The molecular weight excluding hydrogens is 547 g/mol. The van der Waals surface area contributed by atoms with E-state index in [4.69, 9.17) is 9.72 Å². The number of nitrogens with zero attached hydrogens (tertiary/aromatic N) is 2. The Morgan fingerprint density at radius 1 is 0.927 bits per heavy atom. The van der Waals surface area contributed by atoms with Crippen molar-refractivity contribution in [2.45, 2.75) is 36.4 Å². The standard InChI is InChI=1S/C32H28F3N3O2S/c1-22(40-26-10-6-3-7-11-26)30-37-28-20-25(31(39)36-19-18-23-8-4-2-5-9-23)14-17-29(28)38(30)21-24-12-15-27(16-13-24)41-32(33,34)35/h2-17,20,22H,18-19,21H2,1H3,(H,36,39). The molecule has 0 aliphatic heterocycles. The fourth-order valence-corrected chi connectivity index (χ4v) is 5.11. The maximum atomic E-state index is 12.9. The summed E-state index contributed by atoms with van der Waals surface area (Å²) in [7, 11) is 0. The van der Waals surface area contributed by atoms with Crippen LogP contribution in [0.15, 0.2) is 108 Å². The van der Waals surface area contributed by atoms with Crippen molar-refractivity contribution in [3.8, 4) is 5.75 Å². The van der Waals surface area contributed by atoms with E-state index in [-0.39, 0.29) is 22.6 Å². The van der Waals surface area contributed by atoms with E-state index in [0.29, 0.717) is 35.7 Å². The van der Waals surface area contributed by atoms with Crippen molar-refractivity contribution in [1.82, 2.24) is 14.9 Å². The predicted molar refractivity (Wildman–Crippen MR) is 155 cm³/mol. The SMILES string of the molecule is CC(Oc1ccccc1)c1nc2cc(C(=O)NCCc3ccccc3)ccc2n1Cc1ccc(SC(F)(F)F)cc1. The summed E-state index contributed by atoms with van der Waals surface area (Å²) >= 11 is -0.139. The number of carbonyl (C=O) groups is 1. The van der Waals surface area contributed by atoms with E-state index < -0.39 is 11.6 Å². The highest BCUT2D eigenvalue weighted by molar-refractivity contribution is 8.00. The average molecular weight is 576 g/mol. The van der Waals surface area contributed by atoms with Gasteiger partial charge in [0.2, 0.25) is 0 Å². The average Bonchev–Trinajstić information content (AvgIpc) is 3.32. The summed E-state index contributed by atoms with van der Waals surface area (Å²) in [5.74, 6) is 1.13. The number of nitrogens with one attached hydrogen (secondary N) is 1. The molecule has 5 rings (SSSR count). The van der Waals surface area contributed by atoms with Crippen LogP contribution in [0.4, 0.5) is 13.2 Å². The van der Waals surface area contributed by atoms with Crippen LogP contribution in [0, 0.1) is 0 Å². The summed E-state index contributed by atoms with van der Waals surface area (Å²) in [5.41, 5.74) is -0.477. The number of rotatable bonds is 10. The van der Waals surface area contributed by atoms with Crippen LogP contribution in [-0.4, -0.2) is 27.5 Å². The second-order valence-electron chi connectivity index (χ2n) is 9.52. The van der Waals surface area contributed by atoms with Crippen molar-refractivity contribution in [1.29, 1.82) is 0 Å². The molecule has 0 fully saturated rings. The van der Waals surface area contributed by atoms with Crippen LogP contribution >= 0.6 is 11.8 Å². The lowest BCUT2D eigenvalue weighted by Gasteiger charge is -2.17. The van der Waals surface area contributed by atoms with Gasteiger partial charge >= 0.3 is 5.51 Å². The first kappa shape index (κ1) is 28.3. The zero-order chi connectivity index (χ0) is 28.8. The van der Waals surface area contributed by atoms with Gasteiger partial charge in [-0.3, -0.25) is 4.79 Å². The molecule has 9 heteroatoms. The number of alkyl halides is 3. The third-order valence-electron chi connectivity index (χ3n) is 6.50. The van der Waals surface area contributed by atoms with Crippen molar-refractivity contribution >= 4 is 28.7 Å².